The molecule has 0 spiro atoms. The van der Waals surface area contributed by atoms with Crippen molar-refractivity contribution in [2.24, 2.45) is 15.3 Å². The Morgan fingerprint density at radius 3 is 1.31 bits per heavy atom. The van der Waals surface area contributed by atoms with Crippen molar-refractivity contribution in [3.63, 3.8) is 0 Å². The van der Waals surface area contributed by atoms with Crippen molar-refractivity contribution in [3.05, 3.63) is 151 Å². The van der Waals surface area contributed by atoms with Crippen LogP contribution in [-0.4, -0.2) is 158 Å². The molecule has 0 aliphatic carbocycles. The quantitative estimate of drug-likeness (QED) is 0.0737. The van der Waals surface area contributed by atoms with Gasteiger partial charge in [0.05, 0.1) is 44.1 Å². The third-order valence-corrected chi connectivity index (χ3v) is 14.1. The lowest BCUT2D eigenvalue weighted by molar-refractivity contribution is -0.197. The van der Waals surface area contributed by atoms with Crippen LogP contribution in [0.4, 0.5) is 0 Å². The molecule has 6 saturated heterocycles. The van der Waals surface area contributed by atoms with Gasteiger partial charge in [-0.05, 0) is 78.4 Å². The van der Waals surface area contributed by atoms with Gasteiger partial charge in [0.15, 0.2) is 42.6 Å². The molecule has 16 atom stereocenters. The second-order valence-corrected chi connectivity index (χ2v) is 20.9. The molecule has 7 aliphatic heterocycles. The van der Waals surface area contributed by atoms with Crippen LogP contribution in [0.5, 0.6) is 6.01 Å². The van der Waals surface area contributed by atoms with Crippen molar-refractivity contribution in [1.29, 1.82) is 0 Å². The minimum atomic E-state index is -1.38. The zero-order valence-corrected chi connectivity index (χ0v) is 46.0. The van der Waals surface area contributed by atoms with Gasteiger partial charge in [0.1, 0.15) is 42.7 Å². The topological polar surface area (TPSA) is 490 Å². The number of hydrogen-bond donors (Lipinski definition) is 6. The first-order chi connectivity index (χ1) is 39.2. The summed E-state index contributed by atoms with van der Waals surface area (Å²) in [5.41, 5.74) is 23.0. The van der Waals surface area contributed by atoms with Crippen LogP contribution >= 0.6 is 0 Å². The highest BCUT2D eigenvalue weighted by Gasteiger charge is 2.57. The van der Waals surface area contributed by atoms with Gasteiger partial charge in [0.25, 0.3) is 22.2 Å². The number of nitrogens with zero attached hydrogens (tertiary/aromatic N) is 14. The normalized spacial score (nSPS) is 30.8. The third-order valence-electron chi connectivity index (χ3n) is 14.1. The van der Waals surface area contributed by atoms with Crippen LogP contribution < -0.4 is 44.0 Å². The van der Waals surface area contributed by atoms with E-state index in [-0.39, 0.29) is 75.5 Å². The molecule has 4 aromatic heterocycles. The number of aromatic amines is 3. The summed E-state index contributed by atoms with van der Waals surface area (Å²) in [6.45, 7) is 15.5. The highest BCUT2D eigenvalue weighted by atomic mass is 16.8. The fourth-order valence-electron chi connectivity index (χ4n) is 10.2. The first-order valence-electron chi connectivity index (χ1n) is 25.8. The number of aryl methyl sites for hydroxylation is 4. The van der Waals surface area contributed by atoms with Gasteiger partial charge in [-0.1, -0.05) is 37.1 Å². The average molecular weight is 1200 g/mol. The number of rotatable bonds is 10. The molecule has 0 amide bonds. The summed E-state index contributed by atoms with van der Waals surface area (Å²) < 4.78 is 56.7. The van der Waals surface area contributed by atoms with Gasteiger partial charge in [0, 0.05) is 61.8 Å². The highest BCUT2D eigenvalue weighted by Crippen LogP contribution is 2.45. The number of aliphatic hydroxyl groups is 3. The Kier molecular flexibility index (Phi) is 20.8. The molecular weight excluding hydrogens is 1130 g/mol. The number of aliphatic hydroxyl groups excluding tert-OH is 3. The molecule has 6 fully saturated rings. The Balaban J connectivity index is 0.000000180. The van der Waals surface area contributed by atoms with E-state index in [0.29, 0.717) is 16.7 Å². The Bertz CT molecular complexity index is 3670. The molecule has 11 heterocycles. The van der Waals surface area contributed by atoms with Gasteiger partial charge in [-0.2, -0.15) is 4.98 Å². The van der Waals surface area contributed by atoms with Crippen molar-refractivity contribution in [2.45, 2.75) is 193 Å². The van der Waals surface area contributed by atoms with Gasteiger partial charge in [-0.15, -0.1) is 0 Å². The van der Waals surface area contributed by atoms with Crippen molar-refractivity contribution >= 4 is 0 Å². The zero-order valence-electron chi connectivity index (χ0n) is 46.0. The minimum Gasteiger partial charge on any atom is -0.453 e. The smallest absolute Gasteiger partial charge is 0.330 e. The largest absolute Gasteiger partial charge is 0.453 e. The standard InChI is InChI=1S/C14H20N2O5.C13H17N5O5.C10H13N5O5.C10H11N5O4.2CH4/c1-5-8-9-10(21-14(3,4)20-9)12(19-8)16-6-7(2)11(17)15-13(16)18;1-6-5-18(12(20)16-10(6)19)11-9-8(22-13(2,3)23-9)7(21-11)4-15-17-14;1-4-3-15(10(19)13-8(4)18)9-7(17)6(16)5(20-9)2-12-14-11;1-4-3-15-9-7(19-10(15)13-8(4)17)6(16)5(18-9)2-12-14-11;;/h6,8-10,12H,5H2,1-4H3,(H,15,17,18);5,7-9,11H,4H2,1-3H3,(H,16,19,20);3,5-7,9,16-17H,2H2,1H3,(H,13,18,19);3,5-7,9,16H,2H2,1H3;2*1H4/t8-,9-,10-,12-;7-,8-,9-,11-;5-,6-,7-,9-;5-,6-,7+,9-;;/m1111../s1. The Morgan fingerprint density at radius 1 is 0.506 bits per heavy atom. The lowest BCUT2D eigenvalue weighted by atomic mass is 10.1. The van der Waals surface area contributed by atoms with Gasteiger partial charge >= 0.3 is 23.1 Å². The van der Waals surface area contributed by atoms with Gasteiger partial charge in [0.2, 0.25) is 0 Å². The molecule has 11 rings (SSSR count). The number of aromatic nitrogens is 8. The van der Waals surface area contributed by atoms with Gasteiger partial charge in [-0.25, -0.2) is 14.4 Å². The monoisotopic (exact) mass is 1200 g/mol. The summed E-state index contributed by atoms with van der Waals surface area (Å²) in [7, 11) is 0. The van der Waals surface area contributed by atoms with E-state index in [1.165, 1.54) is 34.6 Å². The molecule has 0 saturated carbocycles. The fourth-order valence-corrected chi connectivity index (χ4v) is 10.2. The molecule has 0 aromatic carbocycles. The van der Waals surface area contributed by atoms with Crippen molar-refractivity contribution in [1.82, 2.24) is 38.2 Å². The van der Waals surface area contributed by atoms with Crippen LogP contribution in [0.25, 0.3) is 31.3 Å². The van der Waals surface area contributed by atoms with Crippen LogP contribution in [0.2, 0.25) is 0 Å². The number of nitrogens with one attached hydrogen (secondary N) is 3. The van der Waals surface area contributed by atoms with Gasteiger partial charge in [-0.3, -0.25) is 52.4 Å². The summed E-state index contributed by atoms with van der Waals surface area (Å²) in [4.78, 5) is 99.8. The van der Waals surface area contributed by atoms with E-state index in [1.54, 1.807) is 45.4 Å². The second-order valence-electron chi connectivity index (χ2n) is 20.9. The summed E-state index contributed by atoms with van der Waals surface area (Å²) in [5.74, 6) is -1.54. The lowest BCUT2D eigenvalue weighted by Crippen LogP contribution is -2.38. The fraction of sp³-hybridized carbons (Fsp3) is 0.673. The van der Waals surface area contributed by atoms with E-state index in [2.05, 4.69) is 50.0 Å². The number of hydrogen-bond acceptors (Lipinski definition) is 23. The van der Waals surface area contributed by atoms with Crippen LogP contribution in [0, 0.1) is 27.7 Å². The van der Waals surface area contributed by atoms with E-state index in [4.69, 9.17) is 59.2 Å². The predicted molar refractivity (Wildman–Crippen MR) is 293 cm³/mol. The number of H-pyrrole nitrogens is 3. The minimum absolute atomic E-state index is 0. The molecule has 6 N–H and O–H groups in total. The molecule has 85 heavy (non-hydrogen) atoms. The van der Waals surface area contributed by atoms with Crippen LogP contribution in [0.3, 0.4) is 0 Å². The highest BCUT2D eigenvalue weighted by molar-refractivity contribution is 5.16. The maximum Gasteiger partial charge on any atom is 0.330 e. The third kappa shape index (κ3) is 13.8. The first-order valence-corrected chi connectivity index (χ1v) is 25.8. The molecule has 464 valence electrons. The predicted octanol–water partition coefficient (Wildman–Crippen LogP) is 1.17. The van der Waals surface area contributed by atoms with Crippen molar-refractivity contribution < 1.29 is 58.0 Å². The van der Waals surface area contributed by atoms with Gasteiger partial charge < -0.3 is 58.0 Å². The summed E-state index contributed by atoms with van der Waals surface area (Å²) in [6, 6.07) is 0.131. The molecule has 0 bridgehead atoms. The first kappa shape index (κ1) is 66.4. The number of fused-ring (bicyclic) bond motifs is 5. The molecule has 36 nitrogen and oxygen atoms in total. The average Bonchev–Trinajstić information content (AvgIpc) is 1.80. The molecular formula is C49H69N17O19. The van der Waals surface area contributed by atoms with E-state index in [0.717, 1.165) is 11.0 Å². The molecule has 0 radical (unpaired) electrons. The Labute approximate surface area is 480 Å². The number of azide groups is 3. The van der Waals surface area contributed by atoms with Crippen molar-refractivity contribution in [2.75, 3.05) is 19.6 Å². The maximum absolute atomic E-state index is 12.1. The molecule has 7 aliphatic rings. The van der Waals surface area contributed by atoms with Crippen LogP contribution in [-0.2, 0) is 37.9 Å². The molecule has 4 aromatic rings. The van der Waals surface area contributed by atoms with Crippen LogP contribution in [0.15, 0.2) is 73.7 Å². The summed E-state index contributed by atoms with van der Waals surface area (Å²) in [6.07, 6.45) is -4.68. The maximum atomic E-state index is 12.1. The summed E-state index contributed by atoms with van der Waals surface area (Å²) >= 11 is 0. The molecule has 0 unspecified atom stereocenters. The van der Waals surface area contributed by atoms with E-state index in [9.17, 15) is 48.9 Å². The SMILES string of the molecule is C.C.CC[C@H]1O[C@@H](n2cc(C)c(=O)[nH]c2=O)[C@@H]2OC(C)(C)O[C@@H]21.Cc1cn([C@@H]2O[C@H](CN=[N+]=[N-])[C@@H](O)[C@H]2O)c(=O)[nH]c1=O.Cc1cn([C@@H]2O[C@H](CN=[N+]=[N-])[C@H]3OC(C)(C)O[C@H]32)c(=O)[nH]c1=O.Cc1cn2c(nc1=O)O[C@H]1[C@H](O)[C@@H](CN=[N+]=[N-])O[C@H]12. The Hall–Kier alpha value is -7.79. The zero-order chi connectivity index (χ0) is 60.6. The van der Waals surface area contributed by atoms with E-state index >= 15 is 0 Å². The summed E-state index contributed by atoms with van der Waals surface area (Å²) in [5, 5.41) is 39.9. The number of ether oxygens (including phenoxy) is 9. The van der Waals surface area contributed by atoms with E-state index in [1.807, 2.05) is 20.8 Å². The van der Waals surface area contributed by atoms with E-state index < -0.39 is 120 Å². The Morgan fingerprint density at radius 2 is 0.859 bits per heavy atom. The lowest BCUT2D eigenvalue weighted by Gasteiger charge is -2.24. The van der Waals surface area contributed by atoms with Crippen molar-refractivity contribution in [3.8, 4) is 6.01 Å². The second kappa shape index (κ2) is 26.6. The molecule has 36 heteroatoms. The van der Waals surface area contributed by atoms with Crippen LogP contribution in [0.1, 0.15) is 103 Å².